The minimum Gasteiger partial charge on any atom is -0.480 e. The monoisotopic (exact) mass is 601 g/mol. The first-order valence-electron chi connectivity index (χ1n) is 14.7. The molecule has 0 saturated carbocycles. The number of para-hydroxylation sites is 1. The van der Waals surface area contributed by atoms with Crippen LogP contribution in [0.25, 0.3) is 10.9 Å². The quantitative estimate of drug-likeness (QED) is 0.112. The van der Waals surface area contributed by atoms with Gasteiger partial charge in [-0.1, -0.05) is 45.9 Å². The Balaban J connectivity index is 2.03. The van der Waals surface area contributed by atoms with Crippen molar-refractivity contribution in [3.63, 3.8) is 0 Å². The van der Waals surface area contributed by atoms with Crippen LogP contribution < -0.4 is 32.7 Å². The van der Waals surface area contributed by atoms with Gasteiger partial charge in [-0.15, -0.1) is 0 Å². The fourth-order valence-corrected chi connectivity index (χ4v) is 4.67. The molecule has 4 atom stereocenters. The van der Waals surface area contributed by atoms with Crippen molar-refractivity contribution < 1.29 is 29.1 Å². The highest BCUT2D eigenvalue weighted by Gasteiger charge is 2.30. The Bertz CT molecular complexity index is 1240. The van der Waals surface area contributed by atoms with Crippen LogP contribution in [0.5, 0.6) is 0 Å². The fourth-order valence-electron chi connectivity index (χ4n) is 4.67. The van der Waals surface area contributed by atoms with Crippen molar-refractivity contribution in [1.29, 1.82) is 0 Å². The zero-order valence-electron chi connectivity index (χ0n) is 25.4. The van der Waals surface area contributed by atoms with E-state index < -0.39 is 60.3 Å². The summed E-state index contributed by atoms with van der Waals surface area (Å²) in [7, 11) is 0. The van der Waals surface area contributed by atoms with Crippen molar-refractivity contribution in [1.82, 2.24) is 26.3 Å². The average Bonchev–Trinajstić information content (AvgIpc) is 3.35. The molecule has 2 aromatic rings. The smallest absolute Gasteiger partial charge is 0.326 e. The van der Waals surface area contributed by atoms with Crippen molar-refractivity contribution in [2.45, 2.75) is 84.0 Å². The molecule has 238 valence electrons. The van der Waals surface area contributed by atoms with E-state index in [-0.39, 0.29) is 31.1 Å². The second kappa shape index (κ2) is 17.2. The highest BCUT2D eigenvalue weighted by molar-refractivity contribution is 5.95. The summed E-state index contributed by atoms with van der Waals surface area (Å²) in [5.74, 6) is -3.82. The number of benzene rings is 1. The van der Waals surface area contributed by atoms with Gasteiger partial charge in [0.25, 0.3) is 0 Å². The first-order valence-corrected chi connectivity index (χ1v) is 14.7. The van der Waals surface area contributed by atoms with E-state index >= 15 is 0 Å². The molecule has 0 radical (unpaired) electrons. The third-order valence-electron chi connectivity index (χ3n) is 7.04. The molecular weight excluding hydrogens is 554 g/mol. The molecule has 0 spiro atoms. The van der Waals surface area contributed by atoms with Gasteiger partial charge in [-0.3, -0.25) is 19.2 Å². The van der Waals surface area contributed by atoms with Crippen LogP contribution in [0.3, 0.4) is 0 Å². The van der Waals surface area contributed by atoms with Gasteiger partial charge in [0.1, 0.15) is 18.1 Å². The topological polar surface area (TPSA) is 222 Å². The molecule has 10 N–H and O–H groups in total. The number of fused-ring (bicyclic) bond motifs is 1. The van der Waals surface area contributed by atoms with Crippen molar-refractivity contribution in [3.05, 3.63) is 36.0 Å². The van der Waals surface area contributed by atoms with Crippen LogP contribution in [0.1, 0.15) is 58.9 Å². The number of carboxylic acids is 1. The number of nitrogens with one attached hydrogen (secondary N) is 5. The molecule has 0 aliphatic heterocycles. The van der Waals surface area contributed by atoms with Crippen molar-refractivity contribution in [3.8, 4) is 0 Å². The van der Waals surface area contributed by atoms with E-state index in [4.69, 9.17) is 11.5 Å². The average molecular weight is 602 g/mol. The molecule has 0 aliphatic rings. The van der Waals surface area contributed by atoms with Gasteiger partial charge >= 0.3 is 5.97 Å². The van der Waals surface area contributed by atoms with Gasteiger partial charge in [-0.25, -0.2) is 4.79 Å². The fraction of sp³-hybridized carbons (Fsp3) is 0.567. The Morgan fingerprint density at radius 3 is 2.23 bits per heavy atom. The summed E-state index contributed by atoms with van der Waals surface area (Å²) in [5, 5.41) is 20.6. The summed E-state index contributed by atoms with van der Waals surface area (Å²) < 4.78 is 0. The zero-order valence-corrected chi connectivity index (χ0v) is 25.4. The first kappa shape index (κ1) is 35.2. The van der Waals surface area contributed by atoms with E-state index in [1.807, 2.05) is 44.3 Å². The Hall–Kier alpha value is -3.97. The maximum Gasteiger partial charge on any atom is 0.326 e. The number of aromatic nitrogens is 1. The number of nitrogens with two attached hydrogens (primary N) is 2. The summed E-state index contributed by atoms with van der Waals surface area (Å²) in [4.78, 5) is 66.3. The van der Waals surface area contributed by atoms with E-state index in [9.17, 15) is 29.1 Å². The van der Waals surface area contributed by atoms with Gasteiger partial charge in [-0.2, -0.15) is 0 Å². The molecule has 1 aromatic carbocycles. The van der Waals surface area contributed by atoms with Crippen LogP contribution in [0, 0.1) is 11.8 Å². The van der Waals surface area contributed by atoms with Gasteiger partial charge in [0.15, 0.2) is 0 Å². The number of aliphatic carboxylic acids is 1. The van der Waals surface area contributed by atoms with Gasteiger partial charge < -0.3 is 42.8 Å². The number of hydrogen-bond acceptors (Lipinski definition) is 7. The van der Waals surface area contributed by atoms with Crippen LogP contribution in [0.4, 0.5) is 0 Å². The molecule has 0 fully saturated rings. The van der Waals surface area contributed by atoms with Crippen molar-refractivity contribution in [2.24, 2.45) is 23.3 Å². The summed E-state index contributed by atoms with van der Waals surface area (Å²) in [6.07, 6.45) is 3.79. The maximum atomic E-state index is 13.3. The van der Waals surface area contributed by atoms with Crippen molar-refractivity contribution >= 4 is 40.5 Å². The van der Waals surface area contributed by atoms with Crippen LogP contribution >= 0.6 is 0 Å². The predicted octanol–water partition coefficient (Wildman–Crippen LogP) is 0.524. The zero-order chi connectivity index (χ0) is 32.1. The number of rotatable bonds is 18. The third kappa shape index (κ3) is 11.3. The molecule has 1 heterocycles. The van der Waals surface area contributed by atoms with Crippen LogP contribution in [0.2, 0.25) is 0 Å². The molecule has 0 aliphatic carbocycles. The van der Waals surface area contributed by atoms with Gasteiger partial charge in [0.2, 0.25) is 23.6 Å². The van der Waals surface area contributed by atoms with Crippen LogP contribution in [-0.4, -0.2) is 76.9 Å². The maximum absolute atomic E-state index is 13.3. The molecule has 43 heavy (non-hydrogen) atoms. The van der Waals surface area contributed by atoms with E-state index in [2.05, 4.69) is 26.3 Å². The van der Waals surface area contributed by atoms with E-state index in [0.29, 0.717) is 19.4 Å². The lowest BCUT2D eigenvalue weighted by atomic mass is 10.0. The summed E-state index contributed by atoms with van der Waals surface area (Å²) >= 11 is 0. The van der Waals surface area contributed by atoms with Crippen molar-refractivity contribution in [2.75, 3.05) is 13.1 Å². The Kier molecular flexibility index (Phi) is 14.1. The lowest BCUT2D eigenvalue weighted by molar-refractivity contribution is -0.142. The Labute approximate surface area is 252 Å². The number of unbranched alkanes of at least 4 members (excludes halogenated alkanes) is 1. The van der Waals surface area contributed by atoms with Gasteiger partial charge in [-0.05, 0) is 62.1 Å². The van der Waals surface area contributed by atoms with Gasteiger partial charge in [0.05, 0.1) is 12.6 Å². The summed E-state index contributed by atoms with van der Waals surface area (Å²) in [6.45, 7) is 7.09. The molecule has 13 heteroatoms. The molecule has 1 aromatic heterocycles. The lowest BCUT2D eigenvalue weighted by Crippen LogP contribution is -2.58. The van der Waals surface area contributed by atoms with Crippen LogP contribution in [-0.2, 0) is 30.4 Å². The largest absolute Gasteiger partial charge is 0.480 e. The first-order chi connectivity index (χ1) is 20.3. The number of amides is 4. The lowest BCUT2D eigenvalue weighted by Gasteiger charge is -2.26. The molecule has 2 rings (SSSR count). The third-order valence-corrected chi connectivity index (χ3v) is 7.04. The molecule has 0 bridgehead atoms. The van der Waals surface area contributed by atoms with Crippen LogP contribution in [0.15, 0.2) is 30.5 Å². The highest BCUT2D eigenvalue weighted by atomic mass is 16.4. The number of hydrogen-bond donors (Lipinski definition) is 8. The van der Waals surface area contributed by atoms with Gasteiger partial charge in [0, 0.05) is 17.1 Å². The molecular formula is C30H47N7O6. The SMILES string of the molecule is CC(C)C[C@@H](NC(=O)CNC(=O)[C@H](NC(=O)[C@@H](CCCCN)NC(=O)[C@H](N)Cc1c[nH]c2ccccc12)C(C)C)C(=O)O. The Morgan fingerprint density at radius 2 is 1.60 bits per heavy atom. The minimum absolute atomic E-state index is 0.0397. The molecule has 13 nitrogen and oxygen atoms in total. The highest BCUT2D eigenvalue weighted by Crippen LogP contribution is 2.19. The number of carbonyl (C=O) groups excluding carboxylic acids is 4. The predicted molar refractivity (Wildman–Crippen MR) is 164 cm³/mol. The van der Waals surface area contributed by atoms with E-state index in [0.717, 1.165) is 16.5 Å². The molecule has 4 amide bonds. The van der Waals surface area contributed by atoms with E-state index in [1.165, 1.54) is 0 Å². The number of aromatic amines is 1. The number of H-pyrrole nitrogens is 1. The normalized spacial score (nSPS) is 14.1. The Morgan fingerprint density at radius 1 is 0.907 bits per heavy atom. The second-order valence-corrected chi connectivity index (χ2v) is 11.6. The summed E-state index contributed by atoms with van der Waals surface area (Å²) in [6, 6.07) is 3.69. The van der Waals surface area contributed by atoms with E-state index in [1.54, 1.807) is 13.8 Å². The number of carbonyl (C=O) groups is 5. The number of carboxylic acid groups (broad SMARTS) is 1. The molecule has 0 saturated heterocycles. The standard InChI is InChI=1S/C30H47N7O6/c1-17(2)13-24(30(42)43)35-25(38)16-34-29(41)26(18(3)4)37-28(40)23(11-7-8-12-31)36-27(39)21(32)14-19-15-33-22-10-6-5-9-20(19)22/h5-6,9-10,15,17-18,21,23-24,26,33H,7-8,11-14,16,31-32H2,1-4H3,(H,34,41)(H,35,38)(H,36,39)(H,37,40)(H,42,43)/t21-,23-,24-,26-/m1/s1. The summed E-state index contributed by atoms with van der Waals surface area (Å²) in [5.41, 5.74) is 13.7. The second-order valence-electron chi connectivity index (χ2n) is 11.6. The minimum atomic E-state index is -1.16. The molecule has 0 unspecified atom stereocenters.